The zero-order valence-corrected chi connectivity index (χ0v) is 16.5. The molecule has 1 aliphatic rings. The van der Waals surface area contributed by atoms with Crippen LogP contribution in [0.2, 0.25) is 0 Å². The number of carbonyl (C=O) groups excluding carboxylic acids is 2. The van der Waals surface area contributed by atoms with Gasteiger partial charge in [-0.15, -0.1) is 0 Å². The number of nitrogens with zero attached hydrogens (tertiary/aromatic N) is 4. The number of anilines is 1. The van der Waals surface area contributed by atoms with Crippen LogP contribution in [0.1, 0.15) is 28.4 Å². The Bertz CT molecular complexity index is 877. The number of hydrogen-bond acceptors (Lipinski definition) is 7. The van der Waals surface area contributed by atoms with Crippen LogP contribution in [0.3, 0.4) is 0 Å². The van der Waals surface area contributed by atoms with E-state index in [0.717, 1.165) is 43.3 Å². The molecule has 1 aromatic heterocycles. The van der Waals surface area contributed by atoms with Crippen LogP contribution in [0.4, 0.5) is 5.95 Å². The topological polar surface area (TPSA) is 102 Å². The standard InChI is InChI=1S/C21H25N5O3/c1-2-29-19(27)5-4-16-12-17(14-18(13-16)20(22)28)15-25-8-10-26(11-9-25)21-23-6-3-7-24-21/h3-7,12-14H,2,8-11,15H2,1H3,(H2,22,28)/b5-4+. The zero-order chi connectivity index (χ0) is 20.6. The Balaban J connectivity index is 1.67. The van der Waals surface area contributed by atoms with E-state index in [1.165, 1.54) is 6.08 Å². The Kier molecular flexibility index (Phi) is 6.91. The van der Waals surface area contributed by atoms with Crippen LogP contribution >= 0.6 is 0 Å². The number of nitrogens with two attached hydrogens (primary N) is 1. The molecular formula is C21H25N5O3. The number of aromatic nitrogens is 2. The lowest BCUT2D eigenvalue weighted by Crippen LogP contribution is -2.46. The monoisotopic (exact) mass is 395 g/mol. The Morgan fingerprint density at radius 3 is 2.52 bits per heavy atom. The average molecular weight is 395 g/mol. The van der Waals surface area contributed by atoms with Crippen molar-refractivity contribution in [2.45, 2.75) is 13.5 Å². The minimum atomic E-state index is -0.497. The van der Waals surface area contributed by atoms with Crippen LogP contribution in [0.15, 0.2) is 42.7 Å². The van der Waals surface area contributed by atoms with Gasteiger partial charge in [0.2, 0.25) is 11.9 Å². The molecule has 1 aromatic carbocycles. The van der Waals surface area contributed by atoms with Crippen molar-refractivity contribution in [2.24, 2.45) is 5.73 Å². The van der Waals surface area contributed by atoms with Gasteiger partial charge in [-0.25, -0.2) is 14.8 Å². The van der Waals surface area contributed by atoms with E-state index < -0.39 is 11.9 Å². The molecule has 2 N–H and O–H groups in total. The SMILES string of the molecule is CCOC(=O)/C=C/c1cc(CN2CCN(c3ncccn3)CC2)cc(C(N)=O)c1. The van der Waals surface area contributed by atoms with E-state index in [1.807, 2.05) is 6.07 Å². The van der Waals surface area contributed by atoms with Crippen molar-refractivity contribution in [3.05, 3.63) is 59.4 Å². The number of esters is 1. The Labute approximate surface area is 170 Å². The highest BCUT2D eigenvalue weighted by atomic mass is 16.5. The molecule has 1 aliphatic heterocycles. The van der Waals surface area contributed by atoms with Crippen LogP contribution in [-0.2, 0) is 16.1 Å². The summed E-state index contributed by atoms with van der Waals surface area (Å²) in [6, 6.07) is 7.23. The second-order valence-electron chi connectivity index (χ2n) is 6.72. The number of ether oxygens (including phenoxy) is 1. The molecule has 0 bridgehead atoms. The van der Waals surface area contributed by atoms with Crippen molar-refractivity contribution >= 4 is 23.9 Å². The molecule has 0 saturated carbocycles. The van der Waals surface area contributed by atoms with E-state index in [2.05, 4.69) is 19.8 Å². The number of piperazine rings is 1. The summed E-state index contributed by atoms with van der Waals surface area (Å²) in [5.41, 5.74) is 7.60. The highest BCUT2D eigenvalue weighted by molar-refractivity contribution is 5.94. The van der Waals surface area contributed by atoms with E-state index >= 15 is 0 Å². The summed E-state index contributed by atoms with van der Waals surface area (Å²) < 4.78 is 4.90. The van der Waals surface area contributed by atoms with Gasteiger partial charge in [-0.05, 0) is 42.3 Å². The molecule has 29 heavy (non-hydrogen) atoms. The maximum absolute atomic E-state index is 11.7. The molecule has 8 nitrogen and oxygen atoms in total. The van der Waals surface area contributed by atoms with Gasteiger partial charge in [0.25, 0.3) is 0 Å². The molecule has 3 rings (SSSR count). The van der Waals surface area contributed by atoms with Gasteiger partial charge in [0, 0.05) is 56.8 Å². The molecule has 2 heterocycles. The number of amides is 1. The minimum Gasteiger partial charge on any atom is -0.463 e. The summed E-state index contributed by atoms with van der Waals surface area (Å²) >= 11 is 0. The summed E-state index contributed by atoms with van der Waals surface area (Å²) in [6.07, 6.45) is 6.48. The summed E-state index contributed by atoms with van der Waals surface area (Å²) in [7, 11) is 0. The number of benzene rings is 1. The second-order valence-corrected chi connectivity index (χ2v) is 6.72. The van der Waals surface area contributed by atoms with E-state index in [0.29, 0.717) is 18.7 Å². The van der Waals surface area contributed by atoms with Crippen LogP contribution in [0.5, 0.6) is 0 Å². The third kappa shape index (κ3) is 5.86. The summed E-state index contributed by atoms with van der Waals surface area (Å²) in [4.78, 5) is 36.3. The Morgan fingerprint density at radius 2 is 1.86 bits per heavy atom. The molecule has 0 unspecified atom stereocenters. The summed E-state index contributed by atoms with van der Waals surface area (Å²) in [5.74, 6) is -0.171. The Hall–Kier alpha value is -3.26. The van der Waals surface area contributed by atoms with E-state index in [-0.39, 0.29) is 0 Å². The maximum atomic E-state index is 11.7. The van der Waals surface area contributed by atoms with E-state index in [9.17, 15) is 9.59 Å². The van der Waals surface area contributed by atoms with Crippen molar-refractivity contribution in [3.8, 4) is 0 Å². The predicted molar refractivity (Wildman–Crippen MR) is 110 cm³/mol. The molecule has 1 fully saturated rings. The zero-order valence-electron chi connectivity index (χ0n) is 16.5. The fourth-order valence-corrected chi connectivity index (χ4v) is 3.22. The molecule has 1 saturated heterocycles. The lowest BCUT2D eigenvalue weighted by Gasteiger charge is -2.34. The number of rotatable bonds is 7. The van der Waals surface area contributed by atoms with Crippen molar-refractivity contribution in [2.75, 3.05) is 37.7 Å². The van der Waals surface area contributed by atoms with E-state index in [4.69, 9.17) is 10.5 Å². The number of carbonyl (C=O) groups is 2. The van der Waals surface area contributed by atoms with Crippen molar-refractivity contribution in [3.63, 3.8) is 0 Å². The number of primary amides is 1. The first kappa shape index (κ1) is 20.5. The first-order chi connectivity index (χ1) is 14.0. The highest BCUT2D eigenvalue weighted by Crippen LogP contribution is 2.16. The van der Waals surface area contributed by atoms with Gasteiger partial charge < -0.3 is 15.4 Å². The molecule has 2 aromatic rings. The summed E-state index contributed by atoms with van der Waals surface area (Å²) in [6.45, 7) is 6.12. The highest BCUT2D eigenvalue weighted by Gasteiger charge is 2.19. The van der Waals surface area contributed by atoms with Gasteiger partial charge in [0.1, 0.15) is 0 Å². The van der Waals surface area contributed by atoms with Gasteiger partial charge in [-0.1, -0.05) is 6.07 Å². The summed E-state index contributed by atoms with van der Waals surface area (Å²) in [5, 5.41) is 0. The predicted octanol–water partition coefficient (Wildman–Crippen LogP) is 1.47. The molecule has 152 valence electrons. The largest absolute Gasteiger partial charge is 0.463 e. The van der Waals surface area contributed by atoms with Crippen molar-refractivity contribution in [1.82, 2.24) is 14.9 Å². The van der Waals surface area contributed by atoms with Crippen molar-refractivity contribution < 1.29 is 14.3 Å². The quantitative estimate of drug-likeness (QED) is 0.559. The molecule has 0 radical (unpaired) electrons. The smallest absolute Gasteiger partial charge is 0.330 e. The molecule has 0 spiro atoms. The molecule has 0 atom stereocenters. The van der Waals surface area contributed by atoms with Gasteiger partial charge in [0.15, 0.2) is 0 Å². The van der Waals surface area contributed by atoms with Crippen LogP contribution in [-0.4, -0.2) is 59.5 Å². The fourth-order valence-electron chi connectivity index (χ4n) is 3.22. The third-order valence-corrected chi connectivity index (χ3v) is 4.61. The Morgan fingerprint density at radius 1 is 1.14 bits per heavy atom. The first-order valence-corrected chi connectivity index (χ1v) is 9.58. The van der Waals surface area contributed by atoms with Gasteiger partial charge in [-0.3, -0.25) is 9.69 Å². The van der Waals surface area contributed by atoms with Crippen molar-refractivity contribution in [1.29, 1.82) is 0 Å². The van der Waals surface area contributed by atoms with Crippen LogP contribution in [0, 0.1) is 0 Å². The lowest BCUT2D eigenvalue weighted by molar-refractivity contribution is -0.137. The minimum absolute atomic E-state index is 0.315. The average Bonchev–Trinajstić information content (AvgIpc) is 2.73. The van der Waals surface area contributed by atoms with E-state index in [1.54, 1.807) is 43.6 Å². The maximum Gasteiger partial charge on any atom is 0.330 e. The van der Waals surface area contributed by atoms with Gasteiger partial charge >= 0.3 is 5.97 Å². The molecule has 1 amide bonds. The van der Waals surface area contributed by atoms with Crippen LogP contribution < -0.4 is 10.6 Å². The van der Waals surface area contributed by atoms with Gasteiger partial charge in [0.05, 0.1) is 6.61 Å². The first-order valence-electron chi connectivity index (χ1n) is 9.58. The van der Waals surface area contributed by atoms with Gasteiger partial charge in [-0.2, -0.15) is 0 Å². The number of hydrogen-bond donors (Lipinski definition) is 1. The second kappa shape index (κ2) is 9.79. The molecular weight excluding hydrogens is 370 g/mol. The molecule has 8 heteroatoms. The lowest BCUT2D eigenvalue weighted by atomic mass is 10.0. The molecule has 0 aliphatic carbocycles. The normalized spacial score (nSPS) is 14.9. The third-order valence-electron chi connectivity index (χ3n) is 4.61. The fraction of sp³-hybridized carbons (Fsp3) is 0.333. The van der Waals surface area contributed by atoms with Crippen LogP contribution in [0.25, 0.3) is 6.08 Å².